The van der Waals surface area contributed by atoms with Crippen LogP contribution in [0.3, 0.4) is 0 Å². The lowest BCUT2D eigenvalue weighted by Gasteiger charge is -2.00. The summed E-state index contributed by atoms with van der Waals surface area (Å²) < 4.78 is 0.867. The normalized spacial score (nSPS) is 11.8. The molecule has 0 saturated carbocycles. The molecule has 1 aromatic rings. The lowest BCUT2D eigenvalue weighted by Crippen LogP contribution is -1.98. The first-order valence-electron chi connectivity index (χ1n) is 3.15. The topological polar surface area (TPSA) is 45.5 Å². The van der Waals surface area contributed by atoms with E-state index in [0.29, 0.717) is 5.69 Å². The average molecular weight is 249 g/mol. The molecule has 5 heteroatoms. The summed E-state index contributed by atoms with van der Waals surface area (Å²) in [5.74, 6) is 0. The molecule has 1 aromatic heterocycles. The number of halogens is 2. The summed E-state index contributed by atoms with van der Waals surface area (Å²) in [5.41, 5.74) is 1.34. The number of rotatable bonds is 1. The molecule has 0 radical (unpaired) electrons. The molecule has 3 nitrogen and oxygen atoms in total. The SMILES string of the molecule is Cc1cc(Br)cnc1/C(Cl)=N/O. The van der Waals surface area contributed by atoms with Gasteiger partial charge in [-0.05, 0) is 34.5 Å². The minimum Gasteiger partial charge on any atom is -0.410 e. The van der Waals surface area contributed by atoms with E-state index >= 15 is 0 Å². The highest BCUT2D eigenvalue weighted by atomic mass is 79.9. The number of hydrogen-bond donors (Lipinski definition) is 1. The molecule has 0 saturated heterocycles. The first-order chi connectivity index (χ1) is 5.65. The molecule has 0 aromatic carbocycles. The maximum atomic E-state index is 8.39. The molecule has 0 aliphatic heterocycles. The van der Waals surface area contributed by atoms with Crippen molar-refractivity contribution in [2.24, 2.45) is 5.16 Å². The first kappa shape index (κ1) is 9.48. The van der Waals surface area contributed by atoms with E-state index in [1.807, 2.05) is 13.0 Å². The number of pyridine rings is 1. The number of hydrogen-bond acceptors (Lipinski definition) is 3. The van der Waals surface area contributed by atoms with Crippen LogP contribution in [-0.2, 0) is 0 Å². The van der Waals surface area contributed by atoms with Crippen molar-refractivity contribution < 1.29 is 5.21 Å². The van der Waals surface area contributed by atoms with Gasteiger partial charge < -0.3 is 5.21 Å². The molecule has 0 amide bonds. The van der Waals surface area contributed by atoms with E-state index in [-0.39, 0.29) is 5.17 Å². The summed E-state index contributed by atoms with van der Waals surface area (Å²) in [4.78, 5) is 3.98. The minimum absolute atomic E-state index is 0.000000000000000444. The van der Waals surface area contributed by atoms with Crippen LogP contribution in [0.5, 0.6) is 0 Å². The lowest BCUT2D eigenvalue weighted by molar-refractivity contribution is 0.320. The van der Waals surface area contributed by atoms with Crippen LogP contribution in [0.2, 0.25) is 0 Å². The minimum atomic E-state index is 0.000000000000000444. The molecule has 64 valence electrons. The predicted molar refractivity (Wildman–Crippen MR) is 50.9 cm³/mol. The number of aryl methyl sites for hydroxylation is 1. The maximum Gasteiger partial charge on any atom is 0.194 e. The molecular weight excluding hydrogens is 243 g/mol. The van der Waals surface area contributed by atoms with Gasteiger partial charge in [-0.1, -0.05) is 16.8 Å². The Morgan fingerprint density at radius 3 is 2.92 bits per heavy atom. The Balaban J connectivity index is 3.18. The van der Waals surface area contributed by atoms with Crippen LogP contribution in [-0.4, -0.2) is 15.4 Å². The third kappa shape index (κ3) is 1.95. The highest BCUT2D eigenvalue weighted by Crippen LogP contribution is 2.14. The van der Waals surface area contributed by atoms with E-state index in [4.69, 9.17) is 16.8 Å². The number of oxime groups is 1. The molecule has 0 unspecified atom stereocenters. The van der Waals surface area contributed by atoms with Gasteiger partial charge in [0, 0.05) is 10.7 Å². The summed E-state index contributed by atoms with van der Waals surface area (Å²) >= 11 is 8.83. The molecule has 0 spiro atoms. The zero-order valence-corrected chi connectivity index (χ0v) is 8.59. The predicted octanol–water partition coefficient (Wildman–Crippen LogP) is 2.53. The Bertz CT molecular complexity index is 327. The van der Waals surface area contributed by atoms with Crippen LogP contribution in [0.1, 0.15) is 11.3 Å². The van der Waals surface area contributed by atoms with Gasteiger partial charge in [0.2, 0.25) is 0 Å². The van der Waals surface area contributed by atoms with Crippen molar-refractivity contribution in [1.29, 1.82) is 0 Å². The third-order valence-electron chi connectivity index (χ3n) is 1.33. The van der Waals surface area contributed by atoms with E-state index in [1.54, 1.807) is 6.20 Å². The van der Waals surface area contributed by atoms with E-state index < -0.39 is 0 Å². The van der Waals surface area contributed by atoms with E-state index in [1.165, 1.54) is 0 Å². The largest absolute Gasteiger partial charge is 0.410 e. The van der Waals surface area contributed by atoms with Crippen LogP contribution < -0.4 is 0 Å². The Labute approximate surface area is 83.2 Å². The second-order valence-corrected chi connectivity index (χ2v) is 3.48. The van der Waals surface area contributed by atoms with Gasteiger partial charge >= 0.3 is 0 Å². The van der Waals surface area contributed by atoms with Gasteiger partial charge in [-0.15, -0.1) is 0 Å². The zero-order chi connectivity index (χ0) is 9.14. The maximum absolute atomic E-state index is 8.39. The fourth-order valence-corrected chi connectivity index (χ4v) is 1.45. The second-order valence-electron chi connectivity index (χ2n) is 2.21. The van der Waals surface area contributed by atoms with Gasteiger partial charge in [-0.25, -0.2) is 0 Å². The molecule has 0 aliphatic rings. The molecule has 1 N–H and O–H groups in total. The summed E-state index contributed by atoms with van der Waals surface area (Å²) in [6, 6.07) is 1.84. The molecule has 12 heavy (non-hydrogen) atoms. The van der Waals surface area contributed by atoms with Crippen molar-refractivity contribution in [2.75, 3.05) is 0 Å². The Morgan fingerprint density at radius 2 is 2.42 bits per heavy atom. The molecule has 0 fully saturated rings. The zero-order valence-electron chi connectivity index (χ0n) is 6.25. The van der Waals surface area contributed by atoms with Crippen molar-refractivity contribution in [3.8, 4) is 0 Å². The Hall–Kier alpha value is -0.610. The molecule has 0 atom stereocenters. The van der Waals surface area contributed by atoms with Crippen LogP contribution in [0.25, 0.3) is 0 Å². The van der Waals surface area contributed by atoms with Crippen LogP contribution >= 0.6 is 27.5 Å². The molecule has 0 bridgehead atoms. The van der Waals surface area contributed by atoms with Crippen LogP contribution in [0, 0.1) is 6.92 Å². The number of nitrogens with zero attached hydrogens (tertiary/aromatic N) is 2. The van der Waals surface area contributed by atoms with Gasteiger partial charge in [0.25, 0.3) is 0 Å². The van der Waals surface area contributed by atoms with Gasteiger partial charge in [0.05, 0.1) is 0 Å². The molecular formula is C7H6BrClN2O. The molecule has 1 heterocycles. The quantitative estimate of drug-likeness (QED) is 0.472. The Morgan fingerprint density at radius 1 is 1.75 bits per heavy atom. The summed E-state index contributed by atoms with van der Waals surface area (Å²) in [6.45, 7) is 1.83. The first-order valence-corrected chi connectivity index (χ1v) is 4.32. The smallest absolute Gasteiger partial charge is 0.194 e. The monoisotopic (exact) mass is 248 g/mol. The summed E-state index contributed by atoms with van der Waals surface area (Å²) in [5, 5.41) is 11.2. The van der Waals surface area contributed by atoms with Crippen molar-refractivity contribution in [1.82, 2.24) is 4.98 Å². The van der Waals surface area contributed by atoms with Crippen molar-refractivity contribution in [3.63, 3.8) is 0 Å². The summed E-state index contributed by atoms with van der Waals surface area (Å²) in [7, 11) is 0. The highest BCUT2D eigenvalue weighted by molar-refractivity contribution is 9.10. The standard InChI is InChI=1S/C7H6BrClN2O/c1-4-2-5(8)3-10-6(4)7(9)11-12/h2-3,12H,1H3/b11-7-. The lowest BCUT2D eigenvalue weighted by atomic mass is 10.2. The van der Waals surface area contributed by atoms with Gasteiger partial charge in [0.15, 0.2) is 5.17 Å². The van der Waals surface area contributed by atoms with Crippen molar-refractivity contribution >= 4 is 32.7 Å². The fraction of sp³-hybridized carbons (Fsp3) is 0.143. The van der Waals surface area contributed by atoms with E-state index in [9.17, 15) is 0 Å². The fourth-order valence-electron chi connectivity index (χ4n) is 0.804. The van der Waals surface area contributed by atoms with E-state index in [2.05, 4.69) is 26.1 Å². The highest BCUT2D eigenvalue weighted by Gasteiger charge is 2.05. The van der Waals surface area contributed by atoms with Gasteiger partial charge in [-0.2, -0.15) is 0 Å². The molecule has 0 aliphatic carbocycles. The van der Waals surface area contributed by atoms with Gasteiger partial charge in [0.1, 0.15) is 5.69 Å². The van der Waals surface area contributed by atoms with Crippen molar-refractivity contribution in [3.05, 3.63) is 28.0 Å². The Kier molecular flexibility index (Phi) is 3.05. The second kappa shape index (κ2) is 3.87. The average Bonchev–Trinajstić information content (AvgIpc) is 2.03. The van der Waals surface area contributed by atoms with E-state index in [0.717, 1.165) is 10.0 Å². The van der Waals surface area contributed by atoms with Crippen molar-refractivity contribution in [2.45, 2.75) is 6.92 Å². The van der Waals surface area contributed by atoms with Gasteiger partial charge in [-0.3, -0.25) is 4.98 Å². The number of aromatic nitrogens is 1. The third-order valence-corrected chi connectivity index (χ3v) is 2.02. The van der Waals surface area contributed by atoms with Crippen LogP contribution in [0.15, 0.2) is 21.9 Å². The molecule has 1 rings (SSSR count). The van der Waals surface area contributed by atoms with Crippen LogP contribution in [0.4, 0.5) is 0 Å². The summed E-state index contributed by atoms with van der Waals surface area (Å²) in [6.07, 6.45) is 1.59.